The molecule has 0 unspecified atom stereocenters. The molecule has 0 atom stereocenters. The highest BCUT2D eigenvalue weighted by atomic mass is 32.2. The van der Waals surface area contributed by atoms with E-state index >= 15 is 0 Å². The Labute approximate surface area is 201 Å². The van der Waals surface area contributed by atoms with E-state index in [1.54, 1.807) is 47.4 Å². The maximum Gasteiger partial charge on any atom is 0.343 e. The largest absolute Gasteiger partial charge is 0.493 e. The van der Waals surface area contributed by atoms with Crippen molar-refractivity contribution in [3.05, 3.63) is 64.1 Å². The van der Waals surface area contributed by atoms with Gasteiger partial charge in [-0.3, -0.25) is 19.3 Å². The Morgan fingerprint density at radius 3 is 2.53 bits per heavy atom. The molecule has 0 N–H and O–H groups in total. The first-order chi connectivity index (χ1) is 16.4. The maximum atomic E-state index is 12.8. The monoisotopic (exact) mass is 480 g/mol. The lowest BCUT2D eigenvalue weighted by Crippen LogP contribution is -2.40. The fourth-order valence-electron chi connectivity index (χ4n) is 3.78. The van der Waals surface area contributed by atoms with Crippen LogP contribution < -0.4 is 9.47 Å². The number of likely N-dealkylation sites (tertiary alicyclic amines) is 1. The third-order valence-corrected chi connectivity index (χ3v) is 6.47. The Bertz CT molecular complexity index is 1190. The lowest BCUT2D eigenvalue weighted by molar-refractivity contribution is -0.135. The van der Waals surface area contributed by atoms with Crippen molar-refractivity contribution in [2.75, 3.05) is 26.7 Å². The van der Waals surface area contributed by atoms with Crippen molar-refractivity contribution in [1.82, 2.24) is 9.80 Å². The minimum absolute atomic E-state index is 0.214. The minimum atomic E-state index is -0.515. The minimum Gasteiger partial charge on any atom is -0.493 e. The van der Waals surface area contributed by atoms with Crippen molar-refractivity contribution >= 4 is 40.9 Å². The normalized spacial score (nSPS) is 16.9. The summed E-state index contributed by atoms with van der Waals surface area (Å²) in [6, 6.07) is 11.9. The second-order valence-electron chi connectivity index (χ2n) is 8.03. The van der Waals surface area contributed by atoms with E-state index in [9.17, 15) is 19.2 Å². The van der Waals surface area contributed by atoms with E-state index in [1.807, 2.05) is 13.0 Å². The van der Waals surface area contributed by atoms with Gasteiger partial charge in [0.05, 0.1) is 17.6 Å². The Kier molecular flexibility index (Phi) is 7.02. The standard InChI is InChI=1S/C25H24N2O6S/c1-16-6-5-7-18(12-16)24(30)33-19-9-8-17(13-20(19)32-2)14-21-23(29)27(25(31)34-21)15-22(28)26-10-3-4-11-26/h5-9,12-14H,3-4,10-11,15H2,1-2H3/b21-14-. The van der Waals surface area contributed by atoms with Gasteiger partial charge in [-0.25, -0.2) is 4.79 Å². The van der Waals surface area contributed by atoms with E-state index in [-0.39, 0.29) is 23.1 Å². The van der Waals surface area contributed by atoms with Crippen LogP contribution in [0.15, 0.2) is 47.4 Å². The second kappa shape index (κ2) is 10.1. The van der Waals surface area contributed by atoms with Crippen LogP contribution in [-0.2, 0) is 9.59 Å². The smallest absolute Gasteiger partial charge is 0.343 e. The molecule has 9 heteroatoms. The van der Waals surface area contributed by atoms with Crippen LogP contribution in [-0.4, -0.2) is 59.6 Å². The average Bonchev–Trinajstić information content (AvgIpc) is 3.45. The molecular weight excluding hydrogens is 456 g/mol. The second-order valence-corrected chi connectivity index (χ2v) is 9.02. The number of hydrogen-bond donors (Lipinski definition) is 0. The molecule has 3 amide bonds. The number of benzene rings is 2. The van der Waals surface area contributed by atoms with E-state index in [4.69, 9.17) is 9.47 Å². The average molecular weight is 481 g/mol. The molecule has 0 radical (unpaired) electrons. The molecule has 2 fully saturated rings. The number of methoxy groups -OCH3 is 1. The van der Waals surface area contributed by atoms with Crippen LogP contribution in [0.25, 0.3) is 6.08 Å². The van der Waals surface area contributed by atoms with Crippen molar-refractivity contribution in [2.45, 2.75) is 19.8 Å². The van der Waals surface area contributed by atoms with Crippen LogP contribution in [0.4, 0.5) is 4.79 Å². The lowest BCUT2D eigenvalue weighted by atomic mass is 10.1. The molecule has 2 aliphatic heterocycles. The molecule has 2 aromatic carbocycles. The number of imide groups is 1. The Morgan fingerprint density at radius 1 is 1.06 bits per heavy atom. The Hall–Kier alpha value is -3.59. The summed E-state index contributed by atoms with van der Waals surface area (Å²) in [5.41, 5.74) is 1.94. The van der Waals surface area contributed by atoms with Crippen molar-refractivity contribution in [3.63, 3.8) is 0 Å². The SMILES string of the molecule is COc1cc(/C=C2\SC(=O)N(CC(=O)N3CCCC3)C2=O)ccc1OC(=O)c1cccc(C)c1. The van der Waals surface area contributed by atoms with Crippen molar-refractivity contribution in [3.8, 4) is 11.5 Å². The molecule has 8 nitrogen and oxygen atoms in total. The number of carbonyl (C=O) groups excluding carboxylic acids is 4. The molecule has 34 heavy (non-hydrogen) atoms. The number of aryl methyl sites for hydroxylation is 1. The van der Waals surface area contributed by atoms with Crippen LogP contribution in [0.2, 0.25) is 0 Å². The van der Waals surface area contributed by atoms with Gasteiger partial charge in [-0.2, -0.15) is 0 Å². The molecule has 2 saturated heterocycles. The van der Waals surface area contributed by atoms with Crippen LogP contribution in [0.1, 0.15) is 34.3 Å². The van der Waals surface area contributed by atoms with Gasteiger partial charge < -0.3 is 14.4 Å². The van der Waals surface area contributed by atoms with Crippen LogP contribution in [0.5, 0.6) is 11.5 Å². The summed E-state index contributed by atoms with van der Waals surface area (Å²) >= 11 is 0.790. The maximum absolute atomic E-state index is 12.8. The number of thioether (sulfide) groups is 1. The number of ether oxygens (including phenoxy) is 2. The number of hydrogen-bond acceptors (Lipinski definition) is 7. The van der Waals surface area contributed by atoms with Gasteiger partial charge in [0.25, 0.3) is 11.1 Å². The summed E-state index contributed by atoms with van der Waals surface area (Å²) in [6.07, 6.45) is 3.43. The molecule has 0 aliphatic carbocycles. The molecule has 0 aromatic heterocycles. The first-order valence-electron chi connectivity index (χ1n) is 10.9. The van der Waals surface area contributed by atoms with Gasteiger partial charge in [0.2, 0.25) is 5.91 Å². The third kappa shape index (κ3) is 5.14. The molecular formula is C25H24N2O6S. The van der Waals surface area contributed by atoms with Gasteiger partial charge in [0.15, 0.2) is 11.5 Å². The lowest BCUT2D eigenvalue weighted by Gasteiger charge is -2.18. The molecule has 0 bridgehead atoms. The first kappa shape index (κ1) is 23.6. The molecule has 0 spiro atoms. The van der Waals surface area contributed by atoms with E-state index < -0.39 is 17.1 Å². The zero-order chi connectivity index (χ0) is 24.2. The molecule has 0 saturated carbocycles. The quantitative estimate of drug-likeness (QED) is 0.352. The Balaban J connectivity index is 1.48. The van der Waals surface area contributed by atoms with Gasteiger partial charge in [-0.15, -0.1) is 0 Å². The fraction of sp³-hybridized carbons (Fsp3) is 0.280. The summed E-state index contributed by atoms with van der Waals surface area (Å²) in [6.45, 7) is 2.95. The molecule has 176 valence electrons. The molecule has 2 heterocycles. The molecule has 4 rings (SSSR count). The van der Waals surface area contributed by atoms with Crippen molar-refractivity contribution in [2.24, 2.45) is 0 Å². The summed E-state index contributed by atoms with van der Waals surface area (Å²) in [4.78, 5) is 52.9. The van der Waals surface area contributed by atoms with Gasteiger partial charge in [0, 0.05) is 13.1 Å². The highest BCUT2D eigenvalue weighted by molar-refractivity contribution is 8.18. The fourth-order valence-corrected chi connectivity index (χ4v) is 4.62. The zero-order valence-corrected chi connectivity index (χ0v) is 19.7. The highest BCUT2D eigenvalue weighted by Gasteiger charge is 2.37. The first-order valence-corrected chi connectivity index (χ1v) is 11.7. The van der Waals surface area contributed by atoms with E-state index in [2.05, 4.69) is 0 Å². The summed E-state index contributed by atoms with van der Waals surface area (Å²) in [5.74, 6) is -0.703. The van der Waals surface area contributed by atoms with E-state index in [0.717, 1.165) is 35.1 Å². The van der Waals surface area contributed by atoms with E-state index in [0.29, 0.717) is 30.0 Å². The van der Waals surface area contributed by atoms with Crippen LogP contribution >= 0.6 is 11.8 Å². The summed E-state index contributed by atoms with van der Waals surface area (Å²) < 4.78 is 10.9. The summed E-state index contributed by atoms with van der Waals surface area (Å²) in [5, 5.41) is -0.473. The van der Waals surface area contributed by atoms with Crippen LogP contribution in [0.3, 0.4) is 0 Å². The number of carbonyl (C=O) groups is 4. The third-order valence-electron chi connectivity index (χ3n) is 5.57. The predicted molar refractivity (Wildman–Crippen MR) is 128 cm³/mol. The molecule has 2 aliphatic rings. The number of rotatable bonds is 6. The predicted octanol–water partition coefficient (Wildman–Crippen LogP) is 3.88. The topological polar surface area (TPSA) is 93.2 Å². The molecule has 2 aromatic rings. The van der Waals surface area contributed by atoms with Crippen molar-refractivity contribution < 1.29 is 28.7 Å². The Morgan fingerprint density at radius 2 is 1.82 bits per heavy atom. The van der Waals surface area contributed by atoms with Gasteiger partial charge in [-0.05, 0) is 67.4 Å². The van der Waals surface area contributed by atoms with Crippen LogP contribution in [0, 0.1) is 6.92 Å². The van der Waals surface area contributed by atoms with Gasteiger partial charge in [0.1, 0.15) is 6.54 Å². The van der Waals surface area contributed by atoms with Crippen molar-refractivity contribution in [1.29, 1.82) is 0 Å². The number of nitrogens with zero attached hydrogens (tertiary/aromatic N) is 2. The van der Waals surface area contributed by atoms with Gasteiger partial charge in [-0.1, -0.05) is 23.8 Å². The summed E-state index contributed by atoms with van der Waals surface area (Å²) in [7, 11) is 1.45. The highest BCUT2D eigenvalue weighted by Crippen LogP contribution is 2.35. The number of amides is 3. The van der Waals surface area contributed by atoms with Gasteiger partial charge >= 0.3 is 5.97 Å². The van der Waals surface area contributed by atoms with E-state index in [1.165, 1.54) is 7.11 Å². The number of esters is 1. The zero-order valence-electron chi connectivity index (χ0n) is 18.9.